The van der Waals surface area contributed by atoms with Crippen LogP contribution in [0, 0.1) is 11.3 Å². The van der Waals surface area contributed by atoms with Gasteiger partial charge in [-0.2, -0.15) is 0 Å². The first-order valence-electron chi connectivity index (χ1n) is 8.07. The number of phenolic OH excluding ortho intramolecular Hbond substituents is 2. The van der Waals surface area contributed by atoms with Gasteiger partial charge in [0, 0.05) is 17.6 Å². The number of hydrogen-bond acceptors (Lipinski definition) is 3. The van der Waals surface area contributed by atoms with Gasteiger partial charge in [0.2, 0.25) is 0 Å². The molecule has 1 aliphatic carbocycles. The molecule has 1 aromatic rings. The van der Waals surface area contributed by atoms with E-state index >= 15 is 0 Å². The highest BCUT2D eigenvalue weighted by molar-refractivity contribution is 5.40. The van der Waals surface area contributed by atoms with Gasteiger partial charge in [-0.3, -0.25) is 0 Å². The Hall–Kier alpha value is -1.22. The molecule has 3 unspecified atom stereocenters. The monoisotopic (exact) mass is 291 g/mol. The zero-order valence-corrected chi connectivity index (χ0v) is 13.7. The fourth-order valence-electron chi connectivity index (χ4n) is 3.67. The predicted molar refractivity (Wildman–Crippen MR) is 86.5 cm³/mol. The van der Waals surface area contributed by atoms with E-state index in [4.69, 9.17) is 0 Å². The van der Waals surface area contributed by atoms with Crippen molar-refractivity contribution in [2.45, 2.75) is 65.5 Å². The third kappa shape index (κ3) is 3.91. The molecule has 3 atom stereocenters. The number of nitrogens with one attached hydrogen (secondary N) is 1. The number of aromatic hydroxyl groups is 2. The van der Waals surface area contributed by atoms with E-state index in [-0.39, 0.29) is 17.5 Å². The van der Waals surface area contributed by atoms with Gasteiger partial charge in [0.15, 0.2) is 0 Å². The number of hydrogen-bond donors (Lipinski definition) is 3. The van der Waals surface area contributed by atoms with Gasteiger partial charge >= 0.3 is 0 Å². The summed E-state index contributed by atoms with van der Waals surface area (Å²) < 4.78 is 0. The third-order valence-electron chi connectivity index (χ3n) is 4.82. The van der Waals surface area contributed by atoms with Crippen molar-refractivity contribution in [3.05, 3.63) is 23.8 Å². The number of rotatable bonds is 3. The minimum absolute atomic E-state index is 0.0325. The molecule has 0 amide bonds. The lowest BCUT2D eigenvalue weighted by atomic mass is 9.69. The summed E-state index contributed by atoms with van der Waals surface area (Å²) in [6, 6.07) is 5.23. The second-order valence-electron chi connectivity index (χ2n) is 7.49. The van der Waals surface area contributed by atoms with E-state index in [1.54, 1.807) is 12.1 Å². The minimum Gasteiger partial charge on any atom is -0.508 e. The molecule has 0 spiro atoms. The van der Waals surface area contributed by atoms with Crippen LogP contribution < -0.4 is 5.32 Å². The van der Waals surface area contributed by atoms with Crippen molar-refractivity contribution in [3.63, 3.8) is 0 Å². The van der Waals surface area contributed by atoms with Gasteiger partial charge in [0.25, 0.3) is 0 Å². The molecule has 3 nitrogen and oxygen atoms in total. The fraction of sp³-hybridized carbons (Fsp3) is 0.667. The number of phenols is 2. The first-order chi connectivity index (χ1) is 9.79. The Labute approximate surface area is 128 Å². The Balaban J connectivity index is 2.13. The van der Waals surface area contributed by atoms with Gasteiger partial charge in [-0.25, -0.2) is 0 Å². The average Bonchev–Trinajstić information content (AvgIpc) is 2.41. The first-order valence-corrected chi connectivity index (χ1v) is 8.07. The smallest absolute Gasteiger partial charge is 0.120 e. The van der Waals surface area contributed by atoms with Gasteiger partial charge in [0.05, 0.1) is 0 Å². The standard InChI is InChI=1S/C18H29NO2/c1-12(14-11-13(20)9-10-17(14)21)19-16-8-6-5-7-15(16)18(2,3)4/h9-12,15-16,19-21H,5-8H2,1-4H3. The van der Waals surface area contributed by atoms with Crippen molar-refractivity contribution < 1.29 is 10.2 Å². The molecule has 0 bridgehead atoms. The average molecular weight is 291 g/mol. The van der Waals surface area contributed by atoms with Gasteiger partial charge in [-0.1, -0.05) is 33.6 Å². The lowest BCUT2D eigenvalue weighted by molar-refractivity contribution is 0.124. The van der Waals surface area contributed by atoms with Crippen molar-refractivity contribution in [2.24, 2.45) is 11.3 Å². The highest BCUT2D eigenvalue weighted by Gasteiger charge is 2.34. The summed E-state index contributed by atoms with van der Waals surface area (Å²) in [6.45, 7) is 9.00. The molecule has 2 rings (SSSR count). The van der Waals surface area contributed by atoms with Gasteiger partial charge in [-0.15, -0.1) is 0 Å². The van der Waals surface area contributed by atoms with Crippen molar-refractivity contribution in [1.82, 2.24) is 5.32 Å². The van der Waals surface area contributed by atoms with Crippen LogP contribution in [0.3, 0.4) is 0 Å². The quantitative estimate of drug-likeness (QED) is 0.726. The van der Waals surface area contributed by atoms with Gasteiger partial charge in [-0.05, 0) is 49.3 Å². The highest BCUT2D eigenvalue weighted by Crippen LogP contribution is 2.39. The number of benzene rings is 1. The molecular weight excluding hydrogens is 262 g/mol. The van der Waals surface area contributed by atoms with Crippen LogP contribution in [0.5, 0.6) is 11.5 Å². The Kier molecular flexibility index (Phi) is 4.82. The summed E-state index contributed by atoms with van der Waals surface area (Å²) in [5, 5.41) is 23.3. The van der Waals surface area contributed by atoms with Crippen molar-refractivity contribution >= 4 is 0 Å². The van der Waals surface area contributed by atoms with Crippen LogP contribution in [0.15, 0.2) is 18.2 Å². The van der Waals surface area contributed by atoms with Crippen LogP contribution in [-0.4, -0.2) is 16.3 Å². The second kappa shape index (κ2) is 6.27. The largest absolute Gasteiger partial charge is 0.508 e. The molecule has 1 saturated carbocycles. The zero-order valence-electron chi connectivity index (χ0n) is 13.7. The van der Waals surface area contributed by atoms with Crippen molar-refractivity contribution in [2.75, 3.05) is 0 Å². The molecule has 3 heteroatoms. The zero-order chi connectivity index (χ0) is 15.6. The van der Waals surface area contributed by atoms with Crippen molar-refractivity contribution in [1.29, 1.82) is 0 Å². The van der Waals surface area contributed by atoms with E-state index in [1.807, 2.05) is 0 Å². The van der Waals surface area contributed by atoms with Crippen LogP contribution in [0.2, 0.25) is 0 Å². The molecule has 0 saturated heterocycles. The summed E-state index contributed by atoms with van der Waals surface area (Å²) in [5.74, 6) is 1.09. The normalized spacial score (nSPS) is 24.8. The summed E-state index contributed by atoms with van der Waals surface area (Å²) >= 11 is 0. The molecule has 0 aliphatic heterocycles. The van der Waals surface area contributed by atoms with E-state index in [9.17, 15) is 10.2 Å². The van der Waals surface area contributed by atoms with Gasteiger partial charge in [0.1, 0.15) is 11.5 Å². The molecule has 3 N–H and O–H groups in total. The summed E-state index contributed by atoms with van der Waals surface area (Å²) in [5.41, 5.74) is 1.06. The second-order valence-corrected chi connectivity index (χ2v) is 7.49. The first kappa shape index (κ1) is 16.2. The van der Waals surface area contributed by atoms with E-state index in [2.05, 4.69) is 33.0 Å². The SMILES string of the molecule is CC(NC1CCCCC1C(C)(C)C)c1cc(O)ccc1O. The minimum atomic E-state index is 0.0325. The Morgan fingerprint density at radius 1 is 1.14 bits per heavy atom. The fourth-order valence-corrected chi connectivity index (χ4v) is 3.67. The molecule has 1 aliphatic rings. The summed E-state index contributed by atoms with van der Waals surface area (Å²) in [6.07, 6.45) is 5.03. The van der Waals surface area contributed by atoms with Crippen LogP contribution in [0.25, 0.3) is 0 Å². The predicted octanol–water partition coefficient (Wildman–Crippen LogP) is 4.35. The van der Waals surface area contributed by atoms with Crippen LogP contribution >= 0.6 is 0 Å². The topological polar surface area (TPSA) is 52.5 Å². The van der Waals surface area contributed by atoms with E-state index < -0.39 is 0 Å². The molecule has 0 radical (unpaired) electrons. The Morgan fingerprint density at radius 2 is 1.81 bits per heavy atom. The lowest BCUT2D eigenvalue weighted by Gasteiger charge is -2.42. The molecular formula is C18H29NO2. The van der Waals surface area contributed by atoms with E-state index in [1.165, 1.54) is 31.7 Å². The van der Waals surface area contributed by atoms with E-state index in [0.717, 1.165) is 5.56 Å². The third-order valence-corrected chi connectivity index (χ3v) is 4.82. The molecule has 0 aromatic heterocycles. The maximum atomic E-state index is 10.0. The highest BCUT2D eigenvalue weighted by atomic mass is 16.3. The molecule has 1 fully saturated rings. The molecule has 118 valence electrons. The maximum absolute atomic E-state index is 10.0. The van der Waals surface area contributed by atoms with Crippen molar-refractivity contribution in [3.8, 4) is 11.5 Å². The van der Waals surface area contributed by atoms with Gasteiger partial charge < -0.3 is 15.5 Å². The Bertz CT molecular complexity index is 479. The lowest BCUT2D eigenvalue weighted by Crippen LogP contribution is -2.45. The van der Waals surface area contributed by atoms with Crippen LogP contribution in [0.4, 0.5) is 0 Å². The summed E-state index contributed by atoms with van der Waals surface area (Å²) in [4.78, 5) is 0. The molecule has 21 heavy (non-hydrogen) atoms. The molecule has 0 heterocycles. The van der Waals surface area contributed by atoms with Crippen LogP contribution in [-0.2, 0) is 0 Å². The summed E-state index contributed by atoms with van der Waals surface area (Å²) in [7, 11) is 0. The van der Waals surface area contributed by atoms with E-state index in [0.29, 0.717) is 17.4 Å². The maximum Gasteiger partial charge on any atom is 0.120 e. The Morgan fingerprint density at radius 3 is 2.48 bits per heavy atom. The van der Waals surface area contributed by atoms with Crippen LogP contribution in [0.1, 0.15) is 65.0 Å². The molecule has 1 aromatic carbocycles.